The average molecular weight is 211 g/mol. The van der Waals surface area contributed by atoms with Crippen LogP contribution in [-0.4, -0.2) is 61.0 Å². The van der Waals surface area contributed by atoms with Crippen LogP contribution in [-0.2, 0) is 4.79 Å². The Labute approximate surface area is 91.6 Å². The molecule has 1 amide bonds. The highest BCUT2D eigenvalue weighted by molar-refractivity contribution is 5.79. The highest BCUT2D eigenvalue weighted by Crippen LogP contribution is 2.13. The van der Waals surface area contributed by atoms with Crippen LogP contribution in [0.25, 0.3) is 0 Å². The monoisotopic (exact) mass is 211 g/mol. The van der Waals surface area contributed by atoms with Crippen LogP contribution in [0.4, 0.5) is 0 Å². The summed E-state index contributed by atoms with van der Waals surface area (Å²) in [4.78, 5) is 16.2. The van der Waals surface area contributed by atoms with Crippen molar-refractivity contribution in [3.05, 3.63) is 0 Å². The van der Waals surface area contributed by atoms with Crippen LogP contribution in [0.3, 0.4) is 0 Å². The van der Waals surface area contributed by atoms with Crippen molar-refractivity contribution in [3.63, 3.8) is 0 Å². The predicted octanol–water partition coefficient (Wildman–Crippen LogP) is -0.0975. The molecule has 2 fully saturated rings. The SMILES string of the molecule is CCCCN1CC2CNCCN2CC1=O. The standard InChI is InChI=1S/C11H21N3O/c1-2-3-5-14-8-10-7-12-4-6-13(10)9-11(14)15/h10,12H,2-9H2,1H3. The Hall–Kier alpha value is -0.610. The zero-order valence-electron chi connectivity index (χ0n) is 9.54. The number of hydrogen-bond acceptors (Lipinski definition) is 3. The van der Waals surface area contributed by atoms with Crippen molar-refractivity contribution in [2.45, 2.75) is 25.8 Å². The third kappa shape index (κ3) is 2.49. The molecule has 2 rings (SSSR count). The Morgan fingerprint density at radius 3 is 3.20 bits per heavy atom. The van der Waals surface area contributed by atoms with Crippen LogP contribution in [0.2, 0.25) is 0 Å². The van der Waals surface area contributed by atoms with Gasteiger partial charge in [-0.25, -0.2) is 0 Å². The molecule has 0 aromatic heterocycles. The molecule has 1 atom stereocenters. The van der Waals surface area contributed by atoms with Gasteiger partial charge in [-0.1, -0.05) is 13.3 Å². The molecule has 0 radical (unpaired) electrons. The maximum Gasteiger partial charge on any atom is 0.236 e. The van der Waals surface area contributed by atoms with Crippen LogP contribution in [0.1, 0.15) is 19.8 Å². The molecule has 1 N–H and O–H groups in total. The van der Waals surface area contributed by atoms with Gasteiger partial charge >= 0.3 is 0 Å². The summed E-state index contributed by atoms with van der Waals surface area (Å²) in [5.74, 6) is 0.321. The van der Waals surface area contributed by atoms with Gasteiger partial charge in [-0.3, -0.25) is 9.69 Å². The first-order chi connectivity index (χ1) is 7.31. The molecule has 1 unspecified atom stereocenters. The number of carbonyl (C=O) groups excluding carboxylic acids is 1. The predicted molar refractivity (Wildman–Crippen MR) is 59.7 cm³/mol. The number of hydrogen-bond donors (Lipinski definition) is 1. The zero-order valence-corrected chi connectivity index (χ0v) is 9.54. The Morgan fingerprint density at radius 2 is 2.40 bits per heavy atom. The number of nitrogens with one attached hydrogen (secondary N) is 1. The number of fused-ring (bicyclic) bond motifs is 1. The van der Waals surface area contributed by atoms with Gasteiger partial charge in [0, 0.05) is 38.8 Å². The van der Waals surface area contributed by atoms with Crippen molar-refractivity contribution in [1.29, 1.82) is 0 Å². The number of piperazine rings is 2. The van der Waals surface area contributed by atoms with Crippen molar-refractivity contribution in [2.24, 2.45) is 0 Å². The molecule has 2 aliphatic heterocycles. The molecule has 4 nitrogen and oxygen atoms in total. The molecule has 0 bridgehead atoms. The van der Waals surface area contributed by atoms with Crippen LogP contribution in [0.15, 0.2) is 0 Å². The zero-order chi connectivity index (χ0) is 10.7. The van der Waals surface area contributed by atoms with Gasteiger partial charge in [-0.2, -0.15) is 0 Å². The molecule has 2 aliphatic rings. The molecule has 86 valence electrons. The second-order valence-corrected chi connectivity index (χ2v) is 4.52. The highest BCUT2D eigenvalue weighted by Gasteiger charge is 2.32. The minimum Gasteiger partial charge on any atom is -0.340 e. The smallest absolute Gasteiger partial charge is 0.236 e. The molecule has 2 heterocycles. The van der Waals surface area contributed by atoms with E-state index < -0.39 is 0 Å². The largest absolute Gasteiger partial charge is 0.340 e. The second-order valence-electron chi connectivity index (χ2n) is 4.52. The van der Waals surface area contributed by atoms with Gasteiger partial charge in [0.25, 0.3) is 0 Å². The van der Waals surface area contributed by atoms with E-state index in [0.29, 0.717) is 18.5 Å². The fourth-order valence-corrected chi connectivity index (χ4v) is 2.39. The van der Waals surface area contributed by atoms with Crippen molar-refractivity contribution in [3.8, 4) is 0 Å². The molecular weight excluding hydrogens is 190 g/mol. The summed E-state index contributed by atoms with van der Waals surface area (Å²) in [6.07, 6.45) is 2.29. The third-order valence-corrected chi connectivity index (χ3v) is 3.38. The van der Waals surface area contributed by atoms with Crippen LogP contribution < -0.4 is 5.32 Å². The molecule has 0 aromatic rings. The number of unbranched alkanes of at least 4 members (excludes halogenated alkanes) is 1. The molecule has 2 saturated heterocycles. The molecule has 4 heteroatoms. The highest BCUT2D eigenvalue weighted by atomic mass is 16.2. The van der Waals surface area contributed by atoms with Crippen LogP contribution in [0.5, 0.6) is 0 Å². The van der Waals surface area contributed by atoms with Crippen molar-refractivity contribution >= 4 is 5.91 Å². The van der Waals surface area contributed by atoms with E-state index in [-0.39, 0.29) is 0 Å². The van der Waals surface area contributed by atoms with Gasteiger partial charge in [0.05, 0.1) is 6.54 Å². The Bertz CT molecular complexity index is 232. The molecule has 15 heavy (non-hydrogen) atoms. The minimum atomic E-state index is 0.321. The fraction of sp³-hybridized carbons (Fsp3) is 0.909. The molecule has 0 aliphatic carbocycles. The summed E-state index contributed by atoms with van der Waals surface area (Å²) in [6, 6.07) is 0.549. The summed E-state index contributed by atoms with van der Waals surface area (Å²) < 4.78 is 0. The maximum atomic E-state index is 11.8. The van der Waals surface area contributed by atoms with E-state index in [9.17, 15) is 4.79 Å². The van der Waals surface area contributed by atoms with E-state index in [4.69, 9.17) is 0 Å². The normalized spacial score (nSPS) is 27.9. The third-order valence-electron chi connectivity index (χ3n) is 3.38. The Kier molecular flexibility index (Phi) is 3.59. The first-order valence-electron chi connectivity index (χ1n) is 6.04. The van der Waals surface area contributed by atoms with Gasteiger partial charge in [0.15, 0.2) is 0 Å². The molecular formula is C11H21N3O. The maximum absolute atomic E-state index is 11.8. The lowest BCUT2D eigenvalue weighted by atomic mass is 10.1. The Morgan fingerprint density at radius 1 is 1.53 bits per heavy atom. The fourth-order valence-electron chi connectivity index (χ4n) is 2.39. The summed E-state index contributed by atoms with van der Waals surface area (Å²) >= 11 is 0. The second kappa shape index (κ2) is 4.94. The van der Waals surface area contributed by atoms with Crippen molar-refractivity contribution < 1.29 is 4.79 Å². The number of amides is 1. The lowest BCUT2D eigenvalue weighted by Crippen LogP contribution is -2.63. The first kappa shape index (κ1) is 10.9. The molecule has 0 spiro atoms. The van der Waals surface area contributed by atoms with Gasteiger partial charge in [0.2, 0.25) is 5.91 Å². The van der Waals surface area contributed by atoms with E-state index >= 15 is 0 Å². The van der Waals surface area contributed by atoms with Gasteiger partial charge in [0.1, 0.15) is 0 Å². The molecule has 0 saturated carbocycles. The van der Waals surface area contributed by atoms with E-state index in [1.807, 2.05) is 4.90 Å². The van der Waals surface area contributed by atoms with Gasteiger partial charge < -0.3 is 10.2 Å². The summed E-state index contributed by atoms with van der Waals surface area (Å²) in [7, 11) is 0. The van der Waals surface area contributed by atoms with Crippen molar-refractivity contribution in [2.75, 3.05) is 39.3 Å². The average Bonchev–Trinajstić information content (AvgIpc) is 2.26. The lowest BCUT2D eigenvalue weighted by molar-refractivity contribution is -0.139. The lowest BCUT2D eigenvalue weighted by Gasteiger charge is -2.43. The van der Waals surface area contributed by atoms with Crippen LogP contribution >= 0.6 is 0 Å². The van der Waals surface area contributed by atoms with Gasteiger partial charge in [-0.15, -0.1) is 0 Å². The molecule has 0 aromatic carbocycles. The van der Waals surface area contributed by atoms with E-state index in [2.05, 4.69) is 17.1 Å². The summed E-state index contributed by atoms with van der Waals surface area (Å²) in [5.41, 5.74) is 0. The van der Waals surface area contributed by atoms with Crippen molar-refractivity contribution in [1.82, 2.24) is 15.1 Å². The van der Waals surface area contributed by atoms with E-state index in [1.54, 1.807) is 0 Å². The minimum absolute atomic E-state index is 0.321. The van der Waals surface area contributed by atoms with E-state index in [0.717, 1.165) is 45.6 Å². The first-order valence-corrected chi connectivity index (χ1v) is 6.04. The van der Waals surface area contributed by atoms with Gasteiger partial charge in [-0.05, 0) is 6.42 Å². The summed E-state index contributed by atoms with van der Waals surface area (Å²) in [6.45, 7) is 7.76. The number of carbonyl (C=O) groups is 1. The van der Waals surface area contributed by atoms with E-state index in [1.165, 1.54) is 0 Å². The van der Waals surface area contributed by atoms with Crippen LogP contribution in [0, 0.1) is 0 Å². The topological polar surface area (TPSA) is 35.6 Å². The Balaban J connectivity index is 1.89. The summed E-state index contributed by atoms with van der Waals surface area (Å²) in [5, 5.41) is 3.40. The quantitative estimate of drug-likeness (QED) is 0.708. The number of nitrogens with zero attached hydrogens (tertiary/aromatic N) is 2. The number of rotatable bonds is 3.